The van der Waals surface area contributed by atoms with Crippen molar-refractivity contribution in [2.45, 2.75) is 39.2 Å². The molecule has 2 heterocycles. The van der Waals surface area contributed by atoms with Crippen molar-refractivity contribution >= 4 is 17.5 Å². The molecule has 0 saturated carbocycles. The van der Waals surface area contributed by atoms with Gasteiger partial charge in [0.25, 0.3) is 5.91 Å². The molecule has 1 fully saturated rings. The summed E-state index contributed by atoms with van der Waals surface area (Å²) in [6.07, 6.45) is 7.02. The quantitative estimate of drug-likeness (QED) is 0.821. The SMILES string of the molecule is COc1ccc(C(=O)N2CCCCC2)cc1NC(=O)[C@H](C(C)C)n1cccc1. The van der Waals surface area contributed by atoms with Gasteiger partial charge in [0.2, 0.25) is 5.91 Å². The normalized spacial score (nSPS) is 15.4. The molecule has 0 radical (unpaired) electrons. The maximum absolute atomic E-state index is 13.0. The second-order valence-electron chi connectivity index (χ2n) is 7.58. The number of anilines is 1. The minimum absolute atomic E-state index is 0.00340. The Kier molecular flexibility index (Phi) is 6.39. The molecule has 1 atom stereocenters. The number of ether oxygens (including phenoxy) is 1. The summed E-state index contributed by atoms with van der Waals surface area (Å²) >= 11 is 0. The largest absolute Gasteiger partial charge is 0.495 e. The summed E-state index contributed by atoms with van der Waals surface area (Å²) < 4.78 is 7.31. The standard InChI is InChI=1S/C22H29N3O3/c1-16(2)20(24-11-7-8-12-24)21(26)23-18-15-17(9-10-19(18)28-3)22(27)25-13-5-4-6-14-25/h7-12,15-16,20H,4-6,13-14H2,1-3H3,(H,23,26)/t20-/m0/s1. The lowest BCUT2D eigenvalue weighted by Crippen LogP contribution is -2.35. The van der Waals surface area contributed by atoms with Crippen LogP contribution in [0.2, 0.25) is 0 Å². The van der Waals surface area contributed by atoms with Crippen LogP contribution in [0.25, 0.3) is 0 Å². The molecule has 1 N–H and O–H groups in total. The predicted octanol–water partition coefficient (Wildman–Crippen LogP) is 3.96. The van der Waals surface area contributed by atoms with Gasteiger partial charge in [-0.1, -0.05) is 13.8 Å². The van der Waals surface area contributed by atoms with E-state index in [1.165, 1.54) is 6.42 Å². The van der Waals surface area contributed by atoms with Crippen molar-refractivity contribution in [1.82, 2.24) is 9.47 Å². The van der Waals surface area contributed by atoms with Crippen molar-refractivity contribution in [3.63, 3.8) is 0 Å². The minimum Gasteiger partial charge on any atom is -0.495 e. The molecule has 0 unspecified atom stereocenters. The van der Waals surface area contributed by atoms with Gasteiger partial charge in [-0.05, 0) is 55.5 Å². The van der Waals surface area contributed by atoms with Crippen LogP contribution in [-0.2, 0) is 4.79 Å². The van der Waals surface area contributed by atoms with Crippen molar-refractivity contribution in [3.8, 4) is 5.75 Å². The van der Waals surface area contributed by atoms with Crippen LogP contribution >= 0.6 is 0 Å². The number of amides is 2. The first-order chi connectivity index (χ1) is 13.5. The summed E-state index contributed by atoms with van der Waals surface area (Å²) in [5.41, 5.74) is 1.09. The molecule has 0 aliphatic carbocycles. The number of carbonyl (C=O) groups is 2. The zero-order valence-corrected chi connectivity index (χ0v) is 16.9. The van der Waals surface area contributed by atoms with E-state index in [0.717, 1.165) is 25.9 Å². The van der Waals surface area contributed by atoms with Gasteiger partial charge in [0.15, 0.2) is 0 Å². The summed E-state index contributed by atoms with van der Waals surface area (Å²) in [5, 5.41) is 2.97. The van der Waals surface area contributed by atoms with E-state index in [9.17, 15) is 9.59 Å². The first kappa shape index (κ1) is 20.0. The molecule has 1 aromatic heterocycles. The van der Waals surface area contributed by atoms with Crippen molar-refractivity contribution in [3.05, 3.63) is 48.3 Å². The average Bonchev–Trinajstić information content (AvgIpc) is 3.22. The molecule has 2 aromatic rings. The topological polar surface area (TPSA) is 63.6 Å². The van der Waals surface area contributed by atoms with Crippen molar-refractivity contribution in [2.24, 2.45) is 5.92 Å². The van der Waals surface area contributed by atoms with E-state index < -0.39 is 0 Å². The molecule has 1 aromatic carbocycles. The number of benzene rings is 1. The van der Waals surface area contributed by atoms with Gasteiger partial charge in [0.1, 0.15) is 11.8 Å². The van der Waals surface area contributed by atoms with Gasteiger partial charge in [0.05, 0.1) is 12.8 Å². The molecule has 1 aliphatic rings. The number of carbonyl (C=O) groups excluding carboxylic acids is 2. The summed E-state index contributed by atoms with van der Waals surface area (Å²) in [7, 11) is 1.56. The Labute approximate surface area is 166 Å². The highest BCUT2D eigenvalue weighted by molar-refractivity contribution is 5.99. The Morgan fingerprint density at radius 1 is 1.07 bits per heavy atom. The number of rotatable bonds is 6. The molecule has 2 amide bonds. The fourth-order valence-electron chi connectivity index (χ4n) is 3.74. The first-order valence-electron chi connectivity index (χ1n) is 9.92. The third-order valence-electron chi connectivity index (χ3n) is 5.20. The molecule has 0 spiro atoms. The van der Waals surface area contributed by atoms with E-state index >= 15 is 0 Å². The molecule has 28 heavy (non-hydrogen) atoms. The fourth-order valence-corrected chi connectivity index (χ4v) is 3.74. The van der Waals surface area contributed by atoms with E-state index in [1.807, 2.05) is 47.8 Å². The zero-order valence-electron chi connectivity index (χ0n) is 16.9. The van der Waals surface area contributed by atoms with Crippen LogP contribution in [0, 0.1) is 5.92 Å². The van der Waals surface area contributed by atoms with Gasteiger partial charge >= 0.3 is 0 Å². The molecular formula is C22H29N3O3. The average molecular weight is 383 g/mol. The molecular weight excluding hydrogens is 354 g/mol. The van der Waals surface area contributed by atoms with Crippen LogP contribution in [0.3, 0.4) is 0 Å². The molecule has 0 bridgehead atoms. The Bertz CT molecular complexity index is 808. The highest BCUT2D eigenvalue weighted by Crippen LogP contribution is 2.29. The number of piperidine rings is 1. The fraction of sp³-hybridized carbons (Fsp3) is 0.455. The summed E-state index contributed by atoms with van der Waals surface area (Å²) in [4.78, 5) is 27.7. The number of aromatic nitrogens is 1. The highest BCUT2D eigenvalue weighted by atomic mass is 16.5. The Hall–Kier alpha value is -2.76. The maximum Gasteiger partial charge on any atom is 0.253 e. The second kappa shape index (κ2) is 8.95. The monoisotopic (exact) mass is 383 g/mol. The third-order valence-corrected chi connectivity index (χ3v) is 5.20. The highest BCUT2D eigenvalue weighted by Gasteiger charge is 2.25. The molecule has 150 valence electrons. The first-order valence-corrected chi connectivity index (χ1v) is 9.92. The lowest BCUT2D eigenvalue weighted by atomic mass is 10.0. The van der Waals surface area contributed by atoms with Crippen LogP contribution in [0.15, 0.2) is 42.7 Å². The Morgan fingerprint density at radius 2 is 1.75 bits per heavy atom. The van der Waals surface area contributed by atoms with Crippen LogP contribution in [-0.4, -0.2) is 41.5 Å². The molecule has 3 rings (SSSR count). The molecule has 6 heteroatoms. The predicted molar refractivity (Wildman–Crippen MR) is 110 cm³/mol. The lowest BCUT2D eigenvalue weighted by molar-refractivity contribution is -0.120. The van der Waals surface area contributed by atoms with Gasteiger partial charge in [-0.3, -0.25) is 9.59 Å². The van der Waals surface area contributed by atoms with Gasteiger partial charge < -0.3 is 19.5 Å². The maximum atomic E-state index is 13.0. The van der Waals surface area contributed by atoms with E-state index in [2.05, 4.69) is 5.32 Å². The van der Waals surface area contributed by atoms with Crippen molar-refractivity contribution < 1.29 is 14.3 Å². The smallest absolute Gasteiger partial charge is 0.253 e. The number of likely N-dealkylation sites (tertiary alicyclic amines) is 1. The molecule has 1 aliphatic heterocycles. The number of hydrogen-bond donors (Lipinski definition) is 1. The minimum atomic E-state index is -0.346. The van der Waals surface area contributed by atoms with Crippen molar-refractivity contribution in [2.75, 3.05) is 25.5 Å². The lowest BCUT2D eigenvalue weighted by Gasteiger charge is -2.27. The summed E-state index contributed by atoms with van der Waals surface area (Å²) in [6.45, 7) is 5.60. The van der Waals surface area contributed by atoms with Crippen LogP contribution in [0.5, 0.6) is 5.75 Å². The van der Waals surface area contributed by atoms with E-state index in [4.69, 9.17) is 4.74 Å². The van der Waals surface area contributed by atoms with E-state index in [0.29, 0.717) is 17.0 Å². The van der Waals surface area contributed by atoms with Gasteiger partial charge in [-0.2, -0.15) is 0 Å². The Morgan fingerprint density at radius 3 is 2.36 bits per heavy atom. The molecule has 1 saturated heterocycles. The third kappa shape index (κ3) is 4.38. The van der Waals surface area contributed by atoms with Crippen LogP contribution < -0.4 is 10.1 Å². The molecule has 6 nitrogen and oxygen atoms in total. The second-order valence-corrected chi connectivity index (χ2v) is 7.58. The van der Waals surface area contributed by atoms with Crippen LogP contribution in [0.4, 0.5) is 5.69 Å². The zero-order chi connectivity index (χ0) is 20.1. The van der Waals surface area contributed by atoms with Crippen molar-refractivity contribution in [1.29, 1.82) is 0 Å². The number of methoxy groups -OCH3 is 1. The van der Waals surface area contributed by atoms with Gasteiger partial charge in [0, 0.05) is 31.0 Å². The number of nitrogens with one attached hydrogen (secondary N) is 1. The summed E-state index contributed by atoms with van der Waals surface area (Å²) in [6, 6.07) is 8.69. The van der Waals surface area contributed by atoms with E-state index in [-0.39, 0.29) is 23.8 Å². The Balaban J connectivity index is 1.83. The van der Waals surface area contributed by atoms with E-state index in [1.54, 1.807) is 25.3 Å². The number of hydrogen-bond acceptors (Lipinski definition) is 3. The van der Waals surface area contributed by atoms with Gasteiger partial charge in [-0.15, -0.1) is 0 Å². The number of nitrogens with zero attached hydrogens (tertiary/aromatic N) is 2. The van der Waals surface area contributed by atoms with Gasteiger partial charge in [-0.25, -0.2) is 0 Å². The summed E-state index contributed by atoms with van der Waals surface area (Å²) in [5.74, 6) is 0.519. The van der Waals surface area contributed by atoms with Crippen LogP contribution in [0.1, 0.15) is 49.5 Å².